The number of rotatable bonds is 7. The molecular formula is C40H34N4O4. The van der Waals surface area contributed by atoms with E-state index in [0.717, 1.165) is 5.56 Å². The summed E-state index contributed by atoms with van der Waals surface area (Å²) in [6.45, 7) is 0. The maximum Gasteiger partial charge on any atom is 0.124 e. The molecule has 0 aliphatic heterocycles. The first-order chi connectivity index (χ1) is 23.2. The largest absolute Gasteiger partial charge is 0.507 e. The molecule has 0 fully saturated rings. The molecule has 1 unspecified atom stereocenters. The van der Waals surface area contributed by atoms with E-state index in [4.69, 9.17) is 16.5 Å². The molecule has 238 valence electrons. The highest BCUT2D eigenvalue weighted by atomic mass is 16.3. The Hall–Kier alpha value is -6.22. The fourth-order valence-corrected chi connectivity index (χ4v) is 5.52. The van der Waals surface area contributed by atoms with Crippen LogP contribution in [0.15, 0.2) is 149 Å². The van der Waals surface area contributed by atoms with Gasteiger partial charge in [-0.2, -0.15) is 0 Å². The number of phenolic OH excluding ortho intramolecular Hbond substituents is 4. The zero-order valence-corrected chi connectivity index (χ0v) is 25.8. The summed E-state index contributed by atoms with van der Waals surface area (Å²) in [5.74, 6) is 0.313. The molecule has 5 aromatic carbocycles. The molecule has 8 heteroatoms. The molecule has 0 spiro atoms. The van der Waals surface area contributed by atoms with Crippen LogP contribution in [0, 0.1) is 0 Å². The molecule has 1 atom stereocenters. The molecule has 1 aliphatic carbocycles. The van der Waals surface area contributed by atoms with Gasteiger partial charge in [0, 0.05) is 34.7 Å². The highest BCUT2D eigenvalue weighted by Gasteiger charge is 2.42. The Bertz CT molecular complexity index is 2110. The standard InChI is InChI=1S/C40H34N4O4/c41-40(42)34(23-28-10-2-6-14-36(28)46)33(26-17-19-32(20-18-26)43-24-29-11-3-7-15-37(29)47)22-31(21-27-9-1-5-13-35(27)45)39(40)44-25-30-12-4-8-16-38(30)48/h1-25,39,45-48H,41-42H2. The number of nitrogens with zero attached hydrogens (tertiary/aromatic N) is 2. The highest BCUT2D eigenvalue weighted by Crippen LogP contribution is 2.42. The molecule has 8 N–H and O–H groups in total. The zero-order chi connectivity index (χ0) is 33.7. The Kier molecular flexibility index (Phi) is 9.02. The first kappa shape index (κ1) is 31.7. The molecule has 0 heterocycles. The van der Waals surface area contributed by atoms with Crippen molar-refractivity contribution in [3.05, 3.63) is 166 Å². The second-order valence-electron chi connectivity index (χ2n) is 11.4. The predicted octanol–water partition coefficient (Wildman–Crippen LogP) is 6.93. The minimum Gasteiger partial charge on any atom is -0.507 e. The Balaban J connectivity index is 1.52. The lowest BCUT2D eigenvalue weighted by molar-refractivity contribution is 0.462. The fourth-order valence-electron chi connectivity index (χ4n) is 5.52. The monoisotopic (exact) mass is 634 g/mol. The maximum absolute atomic E-state index is 10.7. The van der Waals surface area contributed by atoms with Crippen molar-refractivity contribution >= 4 is 35.8 Å². The van der Waals surface area contributed by atoms with Gasteiger partial charge in [0.25, 0.3) is 0 Å². The Morgan fingerprint density at radius 3 is 1.52 bits per heavy atom. The predicted molar refractivity (Wildman–Crippen MR) is 193 cm³/mol. The van der Waals surface area contributed by atoms with Crippen molar-refractivity contribution in [2.45, 2.75) is 11.7 Å². The molecule has 0 amide bonds. The lowest BCUT2D eigenvalue weighted by Gasteiger charge is -2.40. The number of hydrogen-bond acceptors (Lipinski definition) is 8. The van der Waals surface area contributed by atoms with Crippen molar-refractivity contribution in [3.8, 4) is 23.0 Å². The molecular weight excluding hydrogens is 600 g/mol. The van der Waals surface area contributed by atoms with Crippen molar-refractivity contribution in [2.75, 3.05) is 0 Å². The van der Waals surface area contributed by atoms with Gasteiger partial charge in [-0.1, -0.05) is 72.8 Å². The Labute approximate surface area is 278 Å². The van der Waals surface area contributed by atoms with E-state index in [-0.39, 0.29) is 23.0 Å². The Morgan fingerprint density at radius 1 is 0.542 bits per heavy atom. The fraction of sp³-hybridized carbons (Fsp3) is 0.0500. The van der Waals surface area contributed by atoms with Crippen molar-refractivity contribution in [2.24, 2.45) is 21.5 Å². The number of benzene rings is 5. The molecule has 0 saturated heterocycles. The molecule has 0 bridgehead atoms. The average Bonchev–Trinajstić information content (AvgIpc) is 3.08. The summed E-state index contributed by atoms with van der Waals surface area (Å²) in [7, 11) is 0. The van der Waals surface area contributed by atoms with E-state index in [1.54, 1.807) is 97.2 Å². The van der Waals surface area contributed by atoms with E-state index in [2.05, 4.69) is 4.99 Å². The van der Waals surface area contributed by atoms with Crippen LogP contribution in [0.5, 0.6) is 23.0 Å². The minimum atomic E-state index is -1.63. The number of nitrogens with two attached hydrogens (primary N) is 2. The first-order valence-corrected chi connectivity index (χ1v) is 15.2. The average molecular weight is 635 g/mol. The minimum absolute atomic E-state index is 0.0503. The number of aliphatic imine (C=N–C) groups is 2. The van der Waals surface area contributed by atoms with E-state index in [0.29, 0.717) is 44.7 Å². The van der Waals surface area contributed by atoms with Crippen LogP contribution >= 0.6 is 0 Å². The van der Waals surface area contributed by atoms with Gasteiger partial charge in [-0.15, -0.1) is 0 Å². The SMILES string of the molecule is NC1(N)C(=Cc2ccccc2O)C(c2ccc(N=Cc3ccccc3O)cc2)=CC(=Cc2ccccc2O)C1N=Cc1ccccc1O. The topological polar surface area (TPSA) is 158 Å². The van der Waals surface area contributed by atoms with Crippen LogP contribution in [0.2, 0.25) is 0 Å². The molecule has 48 heavy (non-hydrogen) atoms. The summed E-state index contributed by atoms with van der Waals surface area (Å²) in [6, 6.07) is 34.1. The molecule has 5 aromatic rings. The molecule has 0 radical (unpaired) electrons. The molecule has 0 saturated carbocycles. The smallest absolute Gasteiger partial charge is 0.124 e. The van der Waals surface area contributed by atoms with E-state index >= 15 is 0 Å². The quantitative estimate of drug-likeness (QED) is 0.0842. The van der Waals surface area contributed by atoms with E-state index in [9.17, 15) is 20.4 Å². The molecule has 1 aliphatic rings. The first-order valence-electron chi connectivity index (χ1n) is 15.2. The van der Waals surface area contributed by atoms with Gasteiger partial charge in [0.1, 0.15) is 34.7 Å². The van der Waals surface area contributed by atoms with Gasteiger partial charge in [-0.3, -0.25) is 9.98 Å². The van der Waals surface area contributed by atoms with Crippen molar-refractivity contribution in [3.63, 3.8) is 0 Å². The molecule has 6 rings (SSSR count). The van der Waals surface area contributed by atoms with Crippen LogP contribution in [0.1, 0.15) is 27.8 Å². The molecule has 8 nitrogen and oxygen atoms in total. The summed E-state index contributed by atoms with van der Waals surface area (Å²) >= 11 is 0. The lowest BCUT2D eigenvalue weighted by Crippen LogP contribution is -2.61. The molecule has 0 aromatic heterocycles. The third kappa shape index (κ3) is 6.80. The van der Waals surface area contributed by atoms with Crippen molar-refractivity contribution in [1.29, 1.82) is 0 Å². The normalized spacial score (nSPS) is 17.7. The van der Waals surface area contributed by atoms with Crippen LogP contribution < -0.4 is 11.5 Å². The maximum atomic E-state index is 10.7. The van der Waals surface area contributed by atoms with Crippen LogP contribution in [0.25, 0.3) is 17.7 Å². The van der Waals surface area contributed by atoms with E-state index in [1.807, 2.05) is 48.5 Å². The number of aromatic hydroxyl groups is 4. The van der Waals surface area contributed by atoms with Crippen molar-refractivity contribution < 1.29 is 20.4 Å². The van der Waals surface area contributed by atoms with E-state index in [1.165, 1.54) is 6.21 Å². The summed E-state index contributed by atoms with van der Waals surface area (Å²) in [6.07, 6.45) is 8.59. The summed E-state index contributed by atoms with van der Waals surface area (Å²) < 4.78 is 0. The summed E-state index contributed by atoms with van der Waals surface area (Å²) in [5, 5.41) is 42.0. The van der Waals surface area contributed by atoms with Gasteiger partial charge < -0.3 is 31.9 Å². The van der Waals surface area contributed by atoms with Gasteiger partial charge in [0.2, 0.25) is 0 Å². The van der Waals surface area contributed by atoms with Crippen LogP contribution in [-0.4, -0.2) is 44.6 Å². The van der Waals surface area contributed by atoms with Gasteiger partial charge in [0.05, 0.1) is 5.69 Å². The summed E-state index contributed by atoms with van der Waals surface area (Å²) in [5.41, 5.74) is 17.9. The number of para-hydroxylation sites is 4. The van der Waals surface area contributed by atoms with E-state index < -0.39 is 11.7 Å². The summed E-state index contributed by atoms with van der Waals surface area (Å²) in [4.78, 5) is 9.34. The van der Waals surface area contributed by atoms with Gasteiger partial charge in [-0.05, 0) is 89.0 Å². The third-order valence-electron chi connectivity index (χ3n) is 8.10. The lowest BCUT2D eigenvalue weighted by atomic mass is 9.74. The van der Waals surface area contributed by atoms with Crippen LogP contribution in [0.4, 0.5) is 5.69 Å². The second-order valence-corrected chi connectivity index (χ2v) is 11.4. The van der Waals surface area contributed by atoms with Crippen molar-refractivity contribution in [1.82, 2.24) is 0 Å². The number of phenols is 4. The van der Waals surface area contributed by atoms with Crippen LogP contribution in [0.3, 0.4) is 0 Å². The second kappa shape index (κ2) is 13.6. The van der Waals surface area contributed by atoms with Gasteiger partial charge >= 0.3 is 0 Å². The van der Waals surface area contributed by atoms with Gasteiger partial charge in [-0.25, -0.2) is 0 Å². The Morgan fingerprint density at radius 2 is 1.00 bits per heavy atom. The zero-order valence-electron chi connectivity index (χ0n) is 25.8. The number of hydrogen-bond donors (Lipinski definition) is 6. The van der Waals surface area contributed by atoms with Gasteiger partial charge in [0.15, 0.2) is 0 Å². The highest BCUT2D eigenvalue weighted by molar-refractivity contribution is 5.93. The third-order valence-corrected chi connectivity index (χ3v) is 8.10. The van der Waals surface area contributed by atoms with Crippen LogP contribution in [-0.2, 0) is 0 Å².